The van der Waals surface area contributed by atoms with Crippen molar-refractivity contribution in [3.8, 4) is 17.2 Å². The van der Waals surface area contributed by atoms with Crippen molar-refractivity contribution in [2.45, 2.75) is 32.3 Å². The maximum absolute atomic E-state index is 12.8. The third kappa shape index (κ3) is 5.00. The Bertz CT molecular complexity index is 1650. The van der Waals surface area contributed by atoms with E-state index in [1.807, 2.05) is 6.92 Å². The molecular weight excluding hydrogens is 512 g/mol. The lowest BCUT2D eigenvalue weighted by Gasteiger charge is -2.40. The Hall–Kier alpha value is -4.15. The van der Waals surface area contributed by atoms with Crippen molar-refractivity contribution in [1.82, 2.24) is 19.5 Å². The molecule has 1 saturated carbocycles. The Labute approximate surface area is 218 Å². The number of aliphatic imine (C=N–C) groups is 1. The number of anilines is 1. The Morgan fingerprint density at radius 2 is 2.08 bits per heavy atom. The molecule has 0 spiro atoms. The lowest BCUT2D eigenvalue weighted by atomic mass is 9.73. The van der Waals surface area contributed by atoms with Gasteiger partial charge in [0, 0.05) is 0 Å². The molecule has 12 nitrogen and oxygen atoms in total. The Kier molecular flexibility index (Phi) is 6.46. The molecule has 3 aromatic rings. The first kappa shape index (κ1) is 25.5. The number of phenolic OH excluding ortho intramolecular Hbond substituents is 1. The number of benzene rings is 1. The lowest BCUT2D eigenvalue weighted by molar-refractivity contribution is -0.0494. The highest BCUT2D eigenvalue weighted by Crippen LogP contribution is 2.39. The lowest BCUT2D eigenvalue weighted by Crippen LogP contribution is -2.44. The molecule has 38 heavy (non-hydrogen) atoms. The molecule has 1 aliphatic carbocycles. The van der Waals surface area contributed by atoms with Gasteiger partial charge in [0.2, 0.25) is 15.9 Å². The number of nitrogens with zero attached hydrogens (tertiary/aromatic N) is 5. The van der Waals surface area contributed by atoms with Crippen LogP contribution in [-0.2, 0) is 14.8 Å². The smallest absolute Gasteiger partial charge is 0.234 e. The molecule has 1 fully saturated rings. The van der Waals surface area contributed by atoms with E-state index in [2.05, 4.69) is 36.1 Å². The molecule has 3 N–H and O–H groups in total. The van der Waals surface area contributed by atoms with Crippen molar-refractivity contribution >= 4 is 38.7 Å². The molecule has 3 heterocycles. The van der Waals surface area contributed by atoms with Gasteiger partial charge < -0.3 is 19.7 Å². The molecule has 198 valence electrons. The standard InChI is InChI=1S/C25H26N6O6S/c1-4-37-20-10-5-7-16(27-20)23-29-22-24(31(23)21-17(32)8-6-9-18(21)36-3)28-19(13-26-22)30-38(34,35)14-15-11-25(2,33)12-15/h6,8-10,13,15,32-33H,4,11-12,14H2,1-3H3,(H,28,30). The summed E-state index contributed by atoms with van der Waals surface area (Å²) >= 11 is 0. The minimum absolute atomic E-state index is 0.0303. The number of para-hydroxylation sites is 1. The van der Waals surface area contributed by atoms with E-state index in [1.54, 1.807) is 19.1 Å². The second-order valence-corrected chi connectivity index (χ2v) is 11.1. The largest absolute Gasteiger partial charge is 0.506 e. The molecule has 1 aliphatic heterocycles. The summed E-state index contributed by atoms with van der Waals surface area (Å²) in [6, 6.07) is 4.74. The number of methoxy groups -OCH3 is 1. The van der Waals surface area contributed by atoms with Crippen LogP contribution in [-0.4, -0.2) is 69.1 Å². The summed E-state index contributed by atoms with van der Waals surface area (Å²) in [4.78, 5) is 17.8. The molecule has 0 amide bonds. The van der Waals surface area contributed by atoms with Crippen molar-refractivity contribution in [2.75, 3.05) is 24.2 Å². The molecule has 0 bridgehead atoms. The third-order valence-corrected chi connectivity index (χ3v) is 7.51. The van der Waals surface area contributed by atoms with Gasteiger partial charge in [-0.25, -0.2) is 28.4 Å². The van der Waals surface area contributed by atoms with Gasteiger partial charge in [-0.05, 0) is 50.5 Å². The first-order chi connectivity index (χ1) is 18.1. The van der Waals surface area contributed by atoms with Crippen LogP contribution in [0.25, 0.3) is 22.7 Å². The Morgan fingerprint density at radius 3 is 2.79 bits per heavy atom. The van der Waals surface area contributed by atoms with Gasteiger partial charge in [-0.2, -0.15) is 0 Å². The van der Waals surface area contributed by atoms with E-state index in [1.165, 1.54) is 30.0 Å². The van der Waals surface area contributed by atoms with Gasteiger partial charge in [0.15, 0.2) is 28.6 Å². The minimum Gasteiger partial charge on any atom is -0.506 e. The van der Waals surface area contributed by atoms with Crippen molar-refractivity contribution in [2.24, 2.45) is 10.9 Å². The predicted molar refractivity (Wildman–Crippen MR) is 140 cm³/mol. The third-order valence-electron chi connectivity index (χ3n) is 6.08. The maximum Gasteiger partial charge on any atom is 0.234 e. The number of imidazole rings is 1. The maximum atomic E-state index is 12.8. The molecule has 1 aromatic carbocycles. The van der Waals surface area contributed by atoms with Gasteiger partial charge in [-0.15, -0.1) is 0 Å². The number of ether oxygens (including phenoxy) is 2. The second kappa shape index (κ2) is 9.62. The number of aromatic hydroxyl groups is 1. The fourth-order valence-corrected chi connectivity index (χ4v) is 6.01. The van der Waals surface area contributed by atoms with E-state index < -0.39 is 15.6 Å². The first-order valence-corrected chi connectivity index (χ1v) is 13.5. The molecule has 0 radical (unpaired) electrons. The van der Waals surface area contributed by atoms with E-state index in [4.69, 9.17) is 9.47 Å². The molecule has 0 atom stereocenters. The monoisotopic (exact) mass is 538 g/mol. The average Bonchev–Trinajstić information content (AvgIpc) is 3.21. The Balaban J connectivity index is 1.62. The highest BCUT2D eigenvalue weighted by molar-refractivity contribution is 7.92. The Morgan fingerprint density at radius 1 is 1.29 bits per heavy atom. The molecule has 0 unspecified atom stereocenters. The van der Waals surface area contributed by atoms with Gasteiger partial charge in [0.25, 0.3) is 0 Å². The van der Waals surface area contributed by atoms with E-state index in [0.29, 0.717) is 31.1 Å². The fourth-order valence-electron chi connectivity index (χ4n) is 4.65. The summed E-state index contributed by atoms with van der Waals surface area (Å²) < 4.78 is 40.5. The SMILES string of the molecule is CCOC1=NC(c2nc3ncc(NS(=O)(=O)CC4CC(C)(O)C4)nc3n2-c2c(O)cccc2OC)=C=C=C1. The van der Waals surface area contributed by atoms with Gasteiger partial charge in [0.1, 0.15) is 17.2 Å². The summed E-state index contributed by atoms with van der Waals surface area (Å²) in [6.45, 7) is 3.89. The summed E-state index contributed by atoms with van der Waals surface area (Å²) in [5, 5.41) is 20.8. The number of fused-ring (bicyclic) bond motifs is 1. The van der Waals surface area contributed by atoms with Crippen LogP contribution in [0, 0.1) is 5.92 Å². The second-order valence-electron chi connectivity index (χ2n) is 9.30. The van der Waals surface area contributed by atoms with E-state index in [9.17, 15) is 18.6 Å². The number of hydrogen-bond donors (Lipinski definition) is 3. The fraction of sp³-hybridized carbons (Fsp3) is 0.360. The predicted octanol–water partition coefficient (Wildman–Crippen LogP) is 2.53. The van der Waals surface area contributed by atoms with Crippen molar-refractivity contribution in [3.05, 3.63) is 47.8 Å². The van der Waals surface area contributed by atoms with Crippen LogP contribution < -0.4 is 9.46 Å². The average molecular weight is 539 g/mol. The molecule has 13 heteroatoms. The van der Waals surface area contributed by atoms with Crippen molar-refractivity contribution in [3.63, 3.8) is 0 Å². The summed E-state index contributed by atoms with van der Waals surface area (Å²) in [5.74, 6) is 0.330. The number of nitrogens with one attached hydrogen (secondary N) is 1. The normalized spacial score (nSPS) is 20.6. The zero-order chi connectivity index (χ0) is 27.1. The molecular formula is C25H26N6O6S. The number of aliphatic hydroxyl groups is 1. The van der Waals surface area contributed by atoms with Crippen LogP contribution in [0.2, 0.25) is 0 Å². The number of rotatable bonds is 8. The number of hydrogen-bond acceptors (Lipinski definition) is 10. The molecule has 2 aromatic heterocycles. The van der Waals surface area contributed by atoms with Crippen LogP contribution in [0.3, 0.4) is 0 Å². The zero-order valence-electron chi connectivity index (χ0n) is 21.0. The van der Waals surface area contributed by atoms with Crippen LogP contribution in [0.15, 0.2) is 46.9 Å². The highest BCUT2D eigenvalue weighted by atomic mass is 32.2. The van der Waals surface area contributed by atoms with Gasteiger partial charge in [-0.1, -0.05) is 11.8 Å². The summed E-state index contributed by atoms with van der Waals surface area (Å²) in [7, 11) is -2.32. The quantitative estimate of drug-likeness (QED) is 0.366. The number of aromatic nitrogens is 4. The van der Waals surface area contributed by atoms with Crippen LogP contribution in [0.1, 0.15) is 32.5 Å². The first-order valence-electron chi connectivity index (χ1n) is 11.9. The van der Waals surface area contributed by atoms with Gasteiger partial charge in [-0.3, -0.25) is 9.29 Å². The van der Waals surface area contributed by atoms with Crippen LogP contribution in [0.5, 0.6) is 11.5 Å². The van der Waals surface area contributed by atoms with E-state index in [0.717, 1.165) is 0 Å². The molecule has 5 rings (SSSR count). The van der Waals surface area contributed by atoms with Crippen molar-refractivity contribution < 1.29 is 28.1 Å². The van der Waals surface area contributed by atoms with E-state index >= 15 is 0 Å². The number of sulfonamides is 1. The van der Waals surface area contributed by atoms with Gasteiger partial charge >= 0.3 is 0 Å². The summed E-state index contributed by atoms with van der Waals surface area (Å²) in [5.41, 5.74) is 5.66. The summed E-state index contributed by atoms with van der Waals surface area (Å²) in [6.07, 6.45) is 3.61. The molecule has 0 saturated heterocycles. The topological polar surface area (TPSA) is 161 Å². The van der Waals surface area contributed by atoms with Crippen molar-refractivity contribution in [1.29, 1.82) is 0 Å². The van der Waals surface area contributed by atoms with Crippen LogP contribution in [0.4, 0.5) is 5.82 Å². The molecule has 2 aliphatic rings. The number of phenols is 1. The highest BCUT2D eigenvalue weighted by Gasteiger charge is 2.40. The van der Waals surface area contributed by atoms with Crippen LogP contribution >= 0.6 is 0 Å². The van der Waals surface area contributed by atoms with E-state index in [-0.39, 0.29) is 51.7 Å². The zero-order valence-corrected chi connectivity index (χ0v) is 21.8. The van der Waals surface area contributed by atoms with Gasteiger partial charge in [0.05, 0.1) is 37.3 Å². The minimum atomic E-state index is -3.78.